The molecule has 1 aromatic rings. The van der Waals surface area contributed by atoms with Gasteiger partial charge in [0.1, 0.15) is 0 Å². The van der Waals surface area contributed by atoms with Crippen molar-refractivity contribution in [3.8, 4) is 0 Å². The molecule has 0 saturated heterocycles. The quantitative estimate of drug-likeness (QED) is 0.543. The van der Waals surface area contributed by atoms with Crippen molar-refractivity contribution >= 4 is 17.3 Å². The van der Waals surface area contributed by atoms with Crippen LogP contribution in [0.15, 0.2) is 18.5 Å². The molecule has 0 atom stereocenters. The van der Waals surface area contributed by atoms with Gasteiger partial charge < -0.3 is 9.64 Å². The Morgan fingerprint density at radius 1 is 1.44 bits per heavy atom. The van der Waals surface area contributed by atoms with Crippen LogP contribution < -0.4 is 4.90 Å². The summed E-state index contributed by atoms with van der Waals surface area (Å²) in [5.41, 5.74) is 2.23. The first-order valence-electron chi connectivity index (χ1n) is 5.65. The first-order valence-corrected chi connectivity index (χ1v) is 6.18. The zero-order valence-corrected chi connectivity index (χ0v) is 10.7. The van der Waals surface area contributed by atoms with Crippen molar-refractivity contribution in [3.63, 3.8) is 0 Å². The number of hydrogen-bond acceptors (Lipinski definition) is 3. The van der Waals surface area contributed by atoms with Gasteiger partial charge in [0.05, 0.1) is 18.5 Å². The van der Waals surface area contributed by atoms with Crippen LogP contribution in [0.3, 0.4) is 0 Å². The second-order valence-corrected chi connectivity index (χ2v) is 3.68. The van der Waals surface area contributed by atoms with Gasteiger partial charge in [0.2, 0.25) is 0 Å². The molecular weight excluding hydrogens is 224 g/mol. The third-order valence-electron chi connectivity index (χ3n) is 2.46. The van der Waals surface area contributed by atoms with Crippen LogP contribution in [0.4, 0.5) is 5.69 Å². The van der Waals surface area contributed by atoms with E-state index >= 15 is 0 Å². The molecule has 0 amide bonds. The lowest BCUT2D eigenvalue weighted by molar-refractivity contribution is 0.154. The average molecular weight is 243 g/mol. The summed E-state index contributed by atoms with van der Waals surface area (Å²) in [6, 6.07) is 1.96. The fraction of sp³-hybridized carbons (Fsp3) is 0.583. The Morgan fingerprint density at radius 3 is 2.88 bits per heavy atom. The number of halogens is 1. The monoisotopic (exact) mass is 242 g/mol. The molecule has 0 aliphatic carbocycles. The maximum atomic E-state index is 5.91. The van der Waals surface area contributed by atoms with Gasteiger partial charge in [-0.1, -0.05) is 0 Å². The molecule has 0 unspecified atom stereocenters. The number of likely N-dealkylation sites (N-methyl/N-ethyl adjacent to an activating group) is 1. The summed E-state index contributed by atoms with van der Waals surface area (Å²) >= 11 is 5.91. The SMILES string of the molecule is CCOCCN(CC)c1cnccc1CCl. The molecule has 90 valence electrons. The van der Waals surface area contributed by atoms with Crippen molar-refractivity contribution in [2.75, 3.05) is 31.2 Å². The average Bonchev–Trinajstić information content (AvgIpc) is 2.35. The summed E-state index contributed by atoms with van der Waals surface area (Å²) in [4.78, 5) is 6.39. The summed E-state index contributed by atoms with van der Waals surface area (Å²) in [7, 11) is 0. The Hall–Kier alpha value is -0.800. The van der Waals surface area contributed by atoms with E-state index in [0.717, 1.165) is 37.6 Å². The molecule has 0 radical (unpaired) electrons. The second-order valence-electron chi connectivity index (χ2n) is 3.41. The summed E-state index contributed by atoms with van der Waals surface area (Å²) in [5, 5.41) is 0. The fourth-order valence-corrected chi connectivity index (χ4v) is 1.81. The molecular formula is C12H19ClN2O. The van der Waals surface area contributed by atoms with Crippen molar-refractivity contribution < 1.29 is 4.74 Å². The molecule has 0 aliphatic rings. The van der Waals surface area contributed by atoms with Crippen LogP contribution in [0.2, 0.25) is 0 Å². The summed E-state index contributed by atoms with van der Waals surface area (Å²) in [6.07, 6.45) is 3.64. The zero-order chi connectivity index (χ0) is 11.8. The molecule has 0 N–H and O–H groups in total. The van der Waals surface area contributed by atoms with Gasteiger partial charge in [-0.25, -0.2) is 0 Å². The summed E-state index contributed by atoms with van der Waals surface area (Å²) < 4.78 is 5.37. The van der Waals surface area contributed by atoms with E-state index in [9.17, 15) is 0 Å². The first-order chi connectivity index (χ1) is 7.83. The van der Waals surface area contributed by atoms with Crippen LogP contribution in [0.25, 0.3) is 0 Å². The van der Waals surface area contributed by atoms with Gasteiger partial charge in [-0.3, -0.25) is 4.98 Å². The van der Waals surface area contributed by atoms with Gasteiger partial charge in [0, 0.05) is 31.8 Å². The summed E-state index contributed by atoms with van der Waals surface area (Å²) in [6.45, 7) is 7.43. The number of nitrogens with zero attached hydrogens (tertiary/aromatic N) is 2. The van der Waals surface area contributed by atoms with Gasteiger partial charge in [-0.2, -0.15) is 0 Å². The van der Waals surface area contributed by atoms with Crippen LogP contribution in [0, 0.1) is 0 Å². The molecule has 16 heavy (non-hydrogen) atoms. The van der Waals surface area contributed by atoms with Crippen molar-refractivity contribution in [2.45, 2.75) is 19.7 Å². The van der Waals surface area contributed by atoms with Gasteiger partial charge >= 0.3 is 0 Å². The van der Waals surface area contributed by atoms with E-state index in [-0.39, 0.29) is 0 Å². The second kappa shape index (κ2) is 7.47. The molecule has 0 saturated carbocycles. The van der Waals surface area contributed by atoms with Crippen molar-refractivity contribution in [2.24, 2.45) is 0 Å². The third kappa shape index (κ3) is 3.65. The number of aromatic nitrogens is 1. The van der Waals surface area contributed by atoms with Crippen LogP contribution in [-0.2, 0) is 10.6 Å². The van der Waals surface area contributed by atoms with Crippen molar-refractivity contribution in [1.29, 1.82) is 0 Å². The Labute approximate surface area is 102 Å². The molecule has 0 aliphatic heterocycles. The summed E-state index contributed by atoms with van der Waals surface area (Å²) in [5.74, 6) is 0.517. The van der Waals surface area contributed by atoms with Crippen molar-refractivity contribution in [3.05, 3.63) is 24.0 Å². The van der Waals surface area contributed by atoms with Gasteiger partial charge in [0.25, 0.3) is 0 Å². The lowest BCUT2D eigenvalue weighted by atomic mass is 10.2. The maximum absolute atomic E-state index is 5.91. The molecule has 3 nitrogen and oxygen atoms in total. The Kier molecular flexibility index (Phi) is 6.19. The van der Waals surface area contributed by atoms with E-state index in [1.807, 2.05) is 19.2 Å². The zero-order valence-electron chi connectivity index (χ0n) is 9.95. The number of anilines is 1. The molecule has 0 spiro atoms. The molecule has 1 aromatic heterocycles. The van der Waals surface area contributed by atoms with Crippen LogP contribution >= 0.6 is 11.6 Å². The van der Waals surface area contributed by atoms with Gasteiger partial charge in [-0.05, 0) is 25.5 Å². The number of rotatable bonds is 7. The van der Waals surface area contributed by atoms with Crippen molar-refractivity contribution in [1.82, 2.24) is 4.98 Å². The van der Waals surface area contributed by atoms with E-state index in [4.69, 9.17) is 16.3 Å². The normalized spacial score (nSPS) is 10.4. The number of hydrogen-bond donors (Lipinski definition) is 0. The molecule has 0 fully saturated rings. The number of alkyl halides is 1. The Bertz CT molecular complexity index is 307. The van der Waals surface area contributed by atoms with E-state index in [0.29, 0.717) is 5.88 Å². The highest BCUT2D eigenvalue weighted by molar-refractivity contribution is 6.17. The Balaban J connectivity index is 2.69. The standard InChI is InChI=1S/C12H19ClN2O/c1-3-15(7-8-16-4-2)12-10-14-6-5-11(12)9-13/h5-6,10H,3-4,7-9H2,1-2H3. The van der Waals surface area contributed by atoms with Crippen LogP contribution in [-0.4, -0.2) is 31.3 Å². The third-order valence-corrected chi connectivity index (χ3v) is 2.75. The van der Waals surface area contributed by atoms with Gasteiger partial charge in [0.15, 0.2) is 0 Å². The van der Waals surface area contributed by atoms with E-state index in [1.54, 1.807) is 6.20 Å². The fourth-order valence-electron chi connectivity index (χ4n) is 1.58. The smallest absolute Gasteiger partial charge is 0.0641 e. The minimum atomic E-state index is 0.517. The van der Waals surface area contributed by atoms with Gasteiger partial charge in [-0.15, -0.1) is 11.6 Å². The molecule has 1 heterocycles. The molecule has 1 rings (SSSR count). The highest BCUT2D eigenvalue weighted by atomic mass is 35.5. The maximum Gasteiger partial charge on any atom is 0.0641 e. The van der Waals surface area contributed by atoms with Crippen LogP contribution in [0.1, 0.15) is 19.4 Å². The Morgan fingerprint density at radius 2 is 2.25 bits per heavy atom. The predicted octanol–water partition coefficient (Wildman–Crippen LogP) is 2.68. The van der Waals surface area contributed by atoms with E-state index in [2.05, 4.69) is 16.8 Å². The lowest BCUT2D eigenvalue weighted by Crippen LogP contribution is -2.28. The first kappa shape index (κ1) is 13.3. The number of pyridine rings is 1. The minimum absolute atomic E-state index is 0.517. The number of ether oxygens (including phenoxy) is 1. The molecule has 0 aromatic carbocycles. The minimum Gasteiger partial charge on any atom is -0.380 e. The molecule has 0 bridgehead atoms. The molecule has 4 heteroatoms. The van der Waals surface area contributed by atoms with Crippen LogP contribution in [0.5, 0.6) is 0 Å². The van der Waals surface area contributed by atoms with E-state index < -0.39 is 0 Å². The predicted molar refractivity (Wildman–Crippen MR) is 68.2 cm³/mol. The largest absolute Gasteiger partial charge is 0.380 e. The highest BCUT2D eigenvalue weighted by Crippen LogP contribution is 2.20. The van der Waals surface area contributed by atoms with E-state index in [1.165, 1.54) is 0 Å². The highest BCUT2D eigenvalue weighted by Gasteiger charge is 2.08. The lowest BCUT2D eigenvalue weighted by Gasteiger charge is -2.24. The topological polar surface area (TPSA) is 25.4 Å².